The van der Waals surface area contributed by atoms with Crippen molar-refractivity contribution < 1.29 is 0 Å². The predicted molar refractivity (Wildman–Crippen MR) is 84.3 cm³/mol. The van der Waals surface area contributed by atoms with Crippen LogP contribution in [0.3, 0.4) is 0 Å². The van der Waals surface area contributed by atoms with Crippen molar-refractivity contribution in [1.29, 1.82) is 0 Å². The third-order valence-corrected chi connectivity index (χ3v) is 3.80. The zero-order chi connectivity index (χ0) is 13.8. The summed E-state index contributed by atoms with van der Waals surface area (Å²) in [6, 6.07) is 14.2. The molecular weight excluding hydrogens is 277 g/mol. The van der Waals surface area contributed by atoms with E-state index >= 15 is 0 Å². The van der Waals surface area contributed by atoms with Gasteiger partial charge >= 0.3 is 0 Å². The first kappa shape index (κ1) is 14.2. The molecule has 0 bridgehead atoms. The molecule has 100 valence electrons. The third-order valence-electron chi connectivity index (χ3n) is 3.06. The van der Waals surface area contributed by atoms with Crippen molar-refractivity contribution in [2.45, 2.75) is 26.3 Å². The minimum atomic E-state index is 0.567. The first-order valence-corrected chi connectivity index (χ1v) is 7.09. The minimum Gasteiger partial charge on any atom is -0.381 e. The summed E-state index contributed by atoms with van der Waals surface area (Å²) < 4.78 is 0. The summed E-state index contributed by atoms with van der Waals surface area (Å²) in [5.74, 6) is 0.567. The molecule has 2 aromatic carbocycles. The molecule has 0 radical (unpaired) electrons. The van der Waals surface area contributed by atoms with Gasteiger partial charge in [-0.1, -0.05) is 61.3 Å². The van der Waals surface area contributed by atoms with E-state index in [1.165, 1.54) is 11.1 Å². The van der Waals surface area contributed by atoms with Gasteiger partial charge < -0.3 is 5.32 Å². The summed E-state index contributed by atoms with van der Waals surface area (Å²) in [6.45, 7) is 5.17. The van der Waals surface area contributed by atoms with Crippen LogP contribution < -0.4 is 5.32 Å². The van der Waals surface area contributed by atoms with Crippen LogP contribution in [0.15, 0.2) is 42.5 Å². The van der Waals surface area contributed by atoms with Crippen LogP contribution in [-0.4, -0.2) is 0 Å². The number of benzene rings is 2. The number of anilines is 1. The number of hydrogen-bond acceptors (Lipinski definition) is 1. The summed E-state index contributed by atoms with van der Waals surface area (Å²) in [5.41, 5.74) is 3.58. The lowest BCUT2D eigenvalue weighted by atomic mass is 10.0. The van der Waals surface area contributed by atoms with Crippen molar-refractivity contribution in [2.24, 2.45) is 0 Å². The minimum absolute atomic E-state index is 0.567. The first-order valence-electron chi connectivity index (χ1n) is 6.34. The summed E-state index contributed by atoms with van der Waals surface area (Å²) in [5, 5.41) is 4.48. The maximum absolute atomic E-state index is 5.98. The molecule has 1 nitrogen and oxygen atoms in total. The summed E-state index contributed by atoms with van der Waals surface area (Å²) >= 11 is 11.9. The molecule has 19 heavy (non-hydrogen) atoms. The van der Waals surface area contributed by atoms with Gasteiger partial charge in [-0.3, -0.25) is 0 Å². The van der Waals surface area contributed by atoms with Crippen LogP contribution in [0.5, 0.6) is 0 Å². The van der Waals surface area contributed by atoms with Crippen molar-refractivity contribution in [3.05, 3.63) is 63.6 Å². The molecule has 0 saturated carbocycles. The van der Waals surface area contributed by atoms with Gasteiger partial charge in [-0.05, 0) is 35.2 Å². The molecule has 0 saturated heterocycles. The second-order valence-electron chi connectivity index (χ2n) is 4.88. The SMILES string of the molecule is CC(C)c1ccc(CNc2ccc(Cl)c(Cl)c2)cc1. The Kier molecular flexibility index (Phi) is 4.73. The molecule has 0 amide bonds. The number of rotatable bonds is 4. The summed E-state index contributed by atoms with van der Waals surface area (Å²) in [4.78, 5) is 0. The van der Waals surface area contributed by atoms with Gasteiger partial charge in [0.05, 0.1) is 10.0 Å². The molecule has 0 atom stereocenters. The smallest absolute Gasteiger partial charge is 0.0612 e. The summed E-state index contributed by atoms with van der Waals surface area (Å²) in [7, 11) is 0. The Morgan fingerprint density at radius 3 is 2.21 bits per heavy atom. The molecule has 0 aliphatic rings. The molecular formula is C16H17Cl2N. The van der Waals surface area contributed by atoms with E-state index in [2.05, 4.69) is 43.4 Å². The van der Waals surface area contributed by atoms with Gasteiger partial charge in [0.25, 0.3) is 0 Å². The average molecular weight is 294 g/mol. The molecule has 0 spiro atoms. The largest absolute Gasteiger partial charge is 0.381 e. The van der Waals surface area contributed by atoms with Crippen molar-refractivity contribution in [3.63, 3.8) is 0 Å². The molecule has 2 aromatic rings. The highest BCUT2D eigenvalue weighted by Crippen LogP contribution is 2.25. The molecule has 0 heterocycles. The van der Waals surface area contributed by atoms with Gasteiger partial charge in [0.2, 0.25) is 0 Å². The topological polar surface area (TPSA) is 12.0 Å². The van der Waals surface area contributed by atoms with Gasteiger partial charge in [-0.25, -0.2) is 0 Å². The van der Waals surface area contributed by atoms with E-state index in [1.54, 1.807) is 6.07 Å². The van der Waals surface area contributed by atoms with E-state index in [9.17, 15) is 0 Å². The van der Waals surface area contributed by atoms with Gasteiger partial charge in [0.15, 0.2) is 0 Å². The quantitative estimate of drug-likeness (QED) is 0.759. The van der Waals surface area contributed by atoms with Crippen LogP contribution in [0.1, 0.15) is 30.9 Å². The van der Waals surface area contributed by atoms with Gasteiger partial charge in [0.1, 0.15) is 0 Å². The Morgan fingerprint density at radius 1 is 0.947 bits per heavy atom. The molecule has 1 N–H and O–H groups in total. The van der Waals surface area contributed by atoms with Crippen molar-refractivity contribution in [1.82, 2.24) is 0 Å². The standard InChI is InChI=1S/C16H17Cl2N/c1-11(2)13-5-3-12(4-6-13)10-19-14-7-8-15(17)16(18)9-14/h3-9,11,19H,10H2,1-2H3. The van der Waals surface area contributed by atoms with Crippen LogP contribution in [0.4, 0.5) is 5.69 Å². The maximum Gasteiger partial charge on any atom is 0.0612 e. The fourth-order valence-corrected chi connectivity index (χ4v) is 2.13. The number of halogens is 2. The van der Waals surface area contributed by atoms with E-state index in [-0.39, 0.29) is 0 Å². The molecule has 2 rings (SSSR count). The average Bonchev–Trinajstić information content (AvgIpc) is 2.40. The van der Waals surface area contributed by atoms with Crippen LogP contribution in [0.25, 0.3) is 0 Å². The van der Waals surface area contributed by atoms with E-state index in [0.29, 0.717) is 16.0 Å². The highest BCUT2D eigenvalue weighted by Gasteiger charge is 2.01. The van der Waals surface area contributed by atoms with E-state index < -0.39 is 0 Å². The van der Waals surface area contributed by atoms with Crippen molar-refractivity contribution in [2.75, 3.05) is 5.32 Å². The molecule has 0 aromatic heterocycles. The fraction of sp³-hybridized carbons (Fsp3) is 0.250. The Labute approximate surface area is 124 Å². The van der Waals surface area contributed by atoms with Crippen molar-refractivity contribution >= 4 is 28.9 Å². The van der Waals surface area contributed by atoms with Crippen LogP contribution in [0, 0.1) is 0 Å². The molecule has 0 aliphatic carbocycles. The van der Waals surface area contributed by atoms with E-state index in [4.69, 9.17) is 23.2 Å². The molecule has 0 aliphatic heterocycles. The zero-order valence-electron chi connectivity index (χ0n) is 11.1. The molecule has 0 fully saturated rings. The normalized spacial score (nSPS) is 10.8. The van der Waals surface area contributed by atoms with Gasteiger partial charge in [-0.2, -0.15) is 0 Å². The second kappa shape index (κ2) is 6.31. The summed E-state index contributed by atoms with van der Waals surface area (Å²) in [6.07, 6.45) is 0. The zero-order valence-corrected chi connectivity index (χ0v) is 12.6. The molecule has 0 unspecified atom stereocenters. The Balaban J connectivity index is 2.00. The van der Waals surface area contributed by atoms with Crippen LogP contribution in [0.2, 0.25) is 10.0 Å². The lowest BCUT2D eigenvalue weighted by Gasteiger charge is -2.09. The van der Waals surface area contributed by atoms with Gasteiger partial charge in [-0.15, -0.1) is 0 Å². The first-order chi connectivity index (χ1) is 9.06. The number of hydrogen-bond donors (Lipinski definition) is 1. The fourth-order valence-electron chi connectivity index (χ4n) is 1.83. The Hall–Kier alpha value is -1.18. The number of nitrogens with one attached hydrogen (secondary N) is 1. The Morgan fingerprint density at radius 2 is 1.63 bits per heavy atom. The molecule has 3 heteroatoms. The van der Waals surface area contributed by atoms with Crippen molar-refractivity contribution in [3.8, 4) is 0 Å². The van der Waals surface area contributed by atoms with E-state index in [1.807, 2.05) is 12.1 Å². The van der Waals surface area contributed by atoms with E-state index in [0.717, 1.165) is 12.2 Å². The third kappa shape index (κ3) is 3.89. The highest BCUT2D eigenvalue weighted by molar-refractivity contribution is 6.42. The maximum atomic E-state index is 5.98. The lowest BCUT2D eigenvalue weighted by molar-refractivity contribution is 0.865. The monoisotopic (exact) mass is 293 g/mol. The second-order valence-corrected chi connectivity index (χ2v) is 5.69. The van der Waals surface area contributed by atoms with Gasteiger partial charge in [0, 0.05) is 12.2 Å². The Bertz CT molecular complexity index is 547. The van der Waals surface area contributed by atoms with Crippen LogP contribution >= 0.6 is 23.2 Å². The lowest BCUT2D eigenvalue weighted by Crippen LogP contribution is -1.99. The predicted octanol–water partition coefficient (Wildman–Crippen LogP) is 5.73. The van der Waals surface area contributed by atoms with Crippen LogP contribution in [-0.2, 0) is 6.54 Å². The highest BCUT2D eigenvalue weighted by atomic mass is 35.5.